The Morgan fingerprint density at radius 2 is 2.12 bits per heavy atom. The van der Waals surface area contributed by atoms with Gasteiger partial charge in [-0.3, -0.25) is 15.1 Å². The highest BCUT2D eigenvalue weighted by Crippen LogP contribution is 2.17. The van der Waals surface area contributed by atoms with Crippen molar-refractivity contribution in [3.63, 3.8) is 0 Å². The van der Waals surface area contributed by atoms with Crippen molar-refractivity contribution in [2.24, 2.45) is 10.9 Å². The molecule has 1 saturated heterocycles. The van der Waals surface area contributed by atoms with Crippen molar-refractivity contribution in [2.75, 3.05) is 40.0 Å². The summed E-state index contributed by atoms with van der Waals surface area (Å²) in [7, 11) is 1.68. The normalized spacial score (nSPS) is 15.7. The summed E-state index contributed by atoms with van der Waals surface area (Å²) < 4.78 is 11.1. The number of para-hydroxylation sites is 1. The maximum absolute atomic E-state index is 11.0. The third-order valence-corrected chi connectivity index (χ3v) is 4.31. The van der Waals surface area contributed by atoms with Crippen molar-refractivity contribution in [1.82, 2.24) is 10.6 Å². The van der Waals surface area contributed by atoms with Crippen molar-refractivity contribution in [3.05, 3.63) is 39.9 Å². The number of rotatable bonds is 9. The Bertz CT molecular complexity index is 588. The SMILES string of the molecule is CN=C(NCCCOCC1CCOCC1)NCc1ccccc1[N+](=O)[O-]. The van der Waals surface area contributed by atoms with Gasteiger partial charge in [-0.2, -0.15) is 0 Å². The lowest BCUT2D eigenvalue weighted by atomic mass is 10.0. The maximum atomic E-state index is 11.0. The average molecular weight is 364 g/mol. The van der Waals surface area contributed by atoms with Crippen molar-refractivity contribution in [2.45, 2.75) is 25.8 Å². The molecule has 0 amide bonds. The molecule has 0 bridgehead atoms. The predicted molar refractivity (Wildman–Crippen MR) is 100 cm³/mol. The van der Waals surface area contributed by atoms with Crippen LogP contribution in [0.15, 0.2) is 29.3 Å². The van der Waals surface area contributed by atoms with Crippen LogP contribution in [0.1, 0.15) is 24.8 Å². The van der Waals surface area contributed by atoms with Gasteiger partial charge in [-0.1, -0.05) is 18.2 Å². The van der Waals surface area contributed by atoms with E-state index in [1.165, 1.54) is 6.07 Å². The van der Waals surface area contributed by atoms with Gasteiger partial charge in [-0.05, 0) is 25.2 Å². The molecule has 8 nitrogen and oxygen atoms in total. The molecule has 0 radical (unpaired) electrons. The molecule has 0 aliphatic carbocycles. The molecule has 1 aliphatic heterocycles. The number of nitro groups is 1. The first-order valence-electron chi connectivity index (χ1n) is 9.03. The van der Waals surface area contributed by atoms with Crippen LogP contribution in [0, 0.1) is 16.0 Å². The second-order valence-corrected chi connectivity index (χ2v) is 6.22. The molecule has 0 atom stereocenters. The van der Waals surface area contributed by atoms with Crippen LogP contribution in [0.25, 0.3) is 0 Å². The average Bonchev–Trinajstić information content (AvgIpc) is 2.67. The molecule has 1 heterocycles. The van der Waals surface area contributed by atoms with E-state index in [1.54, 1.807) is 25.2 Å². The van der Waals surface area contributed by atoms with Gasteiger partial charge in [0.2, 0.25) is 0 Å². The summed E-state index contributed by atoms with van der Waals surface area (Å²) in [5, 5.41) is 17.3. The number of hydrogen-bond donors (Lipinski definition) is 2. The highest BCUT2D eigenvalue weighted by molar-refractivity contribution is 5.79. The van der Waals surface area contributed by atoms with Crippen LogP contribution in [0.2, 0.25) is 0 Å². The fourth-order valence-corrected chi connectivity index (χ4v) is 2.78. The molecular formula is C18H28N4O4. The van der Waals surface area contributed by atoms with Gasteiger partial charge in [0.25, 0.3) is 5.69 Å². The summed E-state index contributed by atoms with van der Waals surface area (Å²) in [6.07, 6.45) is 3.04. The molecule has 0 saturated carbocycles. The van der Waals surface area contributed by atoms with Crippen molar-refractivity contribution in [1.29, 1.82) is 0 Å². The minimum absolute atomic E-state index is 0.108. The molecule has 1 aliphatic rings. The number of benzene rings is 1. The zero-order valence-corrected chi connectivity index (χ0v) is 15.3. The van der Waals surface area contributed by atoms with E-state index < -0.39 is 0 Å². The minimum atomic E-state index is -0.372. The van der Waals surface area contributed by atoms with E-state index >= 15 is 0 Å². The Morgan fingerprint density at radius 1 is 1.35 bits per heavy atom. The number of hydrogen-bond acceptors (Lipinski definition) is 5. The van der Waals surface area contributed by atoms with Gasteiger partial charge in [-0.25, -0.2) is 0 Å². The monoisotopic (exact) mass is 364 g/mol. The molecule has 2 N–H and O–H groups in total. The van der Waals surface area contributed by atoms with Crippen LogP contribution in [-0.2, 0) is 16.0 Å². The topological polar surface area (TPSA) is 98.0 Å². The Morgan fingerprint density at radius 3 is 2.85 bits per heavy atom. The molecular weight excluding hydrogens is 336 g/mol. The lowest BCUT2D eigenvalue weighted by Gasteiger charge is -2.21. The third kappa shape index (κ3) is 6.97. The highest BCUT2D eigenvalue weighted by atomic mass is 16.6. The van der Waals surface area contributed by atoms with Crippen LogP contribution in [-0.4, -0.2) is 50.9 Å². The van der Waals surface area contributed by atoms with E-state index in [-0.39, 0.29) is 10.6 Å². The van der Waals surface area contributed by atoms with Gasteiger partial charge in [-0.15, -0.1) is 0 Å². The summed E-state index contributed by atoms with van der Waals surface area (Å²) in [6.45, 7) is 4.26. The lowest BCUT2D eigenvalue weighted by molar-refractivity contribution is -0.385. The van der Waals surface area contributed by atoms with E-state index in [4.69, 9.17) is 9.47 Å². The van der Waals surface area contributed by atoms with Gasteiger partial charge in [0.05, 0.1) is 4.92 Å². The largest absolute Gasteiger partial charge is 0.381 e. The molecule has 0 aromatic heterocycles. The Hall–Kier alpha value is -2.19. The zero-order valence-electron chi connectivity index (χ0n) is 15.3. The molecule has 144 valence electrons. The highest BCUT2D eigenvalue weighted by Gasteiger charge is 2.14. The first-order chi connectivity index (χ1) is 12.7. The summed E-state index contributed by atoms with van der Waals surface area (Å²) in [4.78, 5) is 14.8. The lowest BCUT2D eigenvalue weighted by Crippen LogP contribution is -2.37. The fourth-order valence-electron chi connectivity index (χ4n) is 2.78. The van der Waals surface area contributed by atoms with Crippen molar-refractivity contribution in [3.8, 4) is 0 Å². The number of aliphatic imine (C=N–C) groups is 1. The summed E-state index contributed by atoms with van der Waals surface area (Å²) in [6, 6.07) is 6.69. The number of ether oxygens (including phenoxy) is 2. The van der Waals surface area contributed by atoms with Crippen LogP contribution in [0.3, 0.4) is 0 Å². The standard InChI is InChI=1S/C18H28N4O4/c1-19-18(21-13-16-5-2-3-6-17(16)22(23)24)20-9-4-10-26-14-15-7-11-25-12-8-15/h2-3,5-6,15H,4,7-14H2,1H3,(H2,19,20,21). The number of nitro benzene ring substituents is 1. The van der Waals surface area contributed by atoms with E-state index in [9.17, 15) is 10.1 Å². The van der Waals surface area contributed by atoms with Gasteiger partial charge in [0, 0.05) is 58.2 Å². The second kappa shape index (κ2) is 11.4. The number of nitrogens with one attached hydrogen (secondary N) is 2. The summed E-state index contributed by atoms with van der Waals surface area (Å²) >= 11 is 0. The second-order valence-electron chi connectivity index (χ2n) is 6.22. The van der Waals surface area contributed by atoms with Gasteiger partial charge in [0.15, 0.2) is 5.96 Å². The van der Waals surface area contributed by atoms with Crippen LogP contribution >= 0.6 is 0 Å². The number of nitrogens with zero attached hydrogens (tertiary/aromatic N) is 2. The molecule has 0 unspecified atom stereocenters. The minimum Gasteiger partial charge on any atom is -0.381 e. The van der Waals surface area contributed by atoms with Gasteiger partial charge >= 0.3 is 0 Å². The predicted octanol–water partition coefficient (Wildman–Crippen LogP) is 2.09. The van der Waals surface area contributed by atoms with E-state index in [0.717, 1.165) is 45.6 Å². The van der Waals surface area contributed by atoms with Crippen molar-refractivity contribution >= 4 is 11.6 Å². The van der Waals surface area contributed by atoms with Crippen molar-refractivity contribution < 1.29 is 14.4 Å². The third-order valence-electron chi connectivity index (χ3n) is 4.31. The quantitative estimate of drug-likeness (QED) is 0.229. The van der Waals surface area contributed by atoms with Gasteiger partial charge in [0.1, 0.15) is 0 Å². The van der Waals surface area contributed by atoms with Crippen LogP contribution in [0.4, 0.5) is 5.69 Å². The first-order valence-corrected chi connectivity index (χ1v) is 9.03. The van der Waals surface area contributed by atoms with Crippen LogP contribution < -0.4 is 10.6 Å². The Kier molecular flexibility index (Phi) is 8.85. The summed E-state index contributed by atoms with van der Waals surface area (Å²) in [5.41, 5.74) is 0.734. The molecule has 0 spiro atoms. The summed E-state index contributed by atoms with van der Waals surface area (Å²) in [5.74, 6) is 1.24. The maximum Gasteiger partial charge on any atom is 0.274 e. The fraction of sp³-hybridized carbons (Fsp3) is 0.611. The molecule has 2 rings (SSSR count). The van der Waals surface area contributed by atoms with E-state index in [2.05, 4.69) is 15.6 Å². The molecule has 1 fully saturated rings. The molecule has 1 aromatic carbocycles. The van der Waals surface area contributed by atoms with Crippen LogP contribution in [0.5, 0.6) is 0 Å². The number of guanidine groups is 1. The molecule has 1 aromatic rings. The molecule has 8 heteroatoms. The Balaban J connectivity index is 1.61. The van der Waals surface area contributed by atoms with E-state index in [1.807, 2.05) is 0 Å². The van der Waals surface area contributed by atoms with Gasteiger partial charge < -0.3 is 20.1 Å². The Labute approximate surface area is 154 Å². The smallest absolute Gasteiger partial charge is 0.274 e. The zero-order chi connectivity index (χ0) is 18.6. The first kappa shape index (κ1) is 20.1. The molecule has 26 heavy (non-hydrogen) atoms. The van der Waals surface area contributed by atoms with E-state index in [0.29, 0.717) is 30.6 Å².